The zero-order chi connectivity index (χ0) is 24.1. The molecule has 0 bridgehead atoms. The van der Waals surface area contributed by atoms with Crippen molar-refractivity contribution in [3.63, 3.8) is 0 Å². The predicted octanol–water partition coefficient (Wildman–Crippen LogP) is 5.88. The first kappa shape index (κ1) is 25.4. The van der Waals surface area contributed by atoms with Gasteiger partial charge in [-0.25, -0.2) is 5.01 Å². The predicted molar refractivity (Wildman–Crippen MR) is 130 cm³/mol. The van der Waals surface area contributed by atoms with Crippen molar-refractivity contribution in [3.8, 4) is 5.75 Å². The Labute approximate surface area is 193 Å². The minimum atomic E-state index is -0.302. The highest BCUT2D eigenvalue weighted by Gasteiger charge is 2.35. The number of hydrazine groups is 1. The molecule has 32 heavy (non-hydrogen) atoms. The van der Waals surface area contributed by atoms with E-state index in [-0.39, 0.29) is 23.3 Å². The fourth-order valence-corrected chi connectivity index (χ4v) is 4.23. The first-order valence-corrected chi connectivity index (χ1v) is 11.4. The van der Waals surface area contributed by atoms with E-state index in [1.165, 1.54) is 0 Å². The molecule has 174 valence electrons. The number of aryl methyl sites for hydroxylation is 2. The van der Waals surface area contributed by atoms with Crippen molar-refractivity contribution in [2.75, 3.05) is 7.11 Å². The van der Waals surface area contributed by atoms with Gasteiger partial charge in [-0.3, -0.25) is 15.0 Å². The number of benzene rings is 2. The van der Waals surface area contributed by atoms with E-state index in [1.807, 2.05) is 45.0 Å². The molecule has 0 saturated heterocycles. The SMILES string of the molecule is CCC[C@H](N(NC(=O)c1cccc(OC)c1CC)C(=O)c1cc(C)cc(C)c1)C(C)(C)C. The molecule has 5 heteroatoms. The number of nitrogens with one attached hydrogen (secondary N) is 1. The first-order valence-electron chi connectivity index (χ1n) is 11.4. The van der Waals surface area contributed by atoms with Gasteiger partial charge in [-0.15, -0.1) is 0 Å². The van der Waals surface area contributed by atoms with Crippen molar-refractivity contribution in [1.29, 1.82) is 0 Å². The van der Waals surface area contributed by atoms with Crippen molar-refractivity contribution < 1.29 is 14.3 Å². The molecule has 1 atom stereocenters. The van der Waals surface area contributed by atoms with Gasteiger partial charge in [0.15, 0.2) is 0 Å². The Morgan fingerprint density at radius 3 is 2.19 bits per heavy atom. The number of nitrogens with zero attached hydrogens (tertiary/aromatic N) is 1. The van der Waals surface area contributed by atoms with Crippen molar-refractivity contribution in [2.24, 2.45) is 5.41 Å². The Kier molecular flexibility index (Phi) is 8.48. The van der Waals surface area contributed by atoms with Crippen LogP contribution in [0.2, 0.25) is 0 Å². The maximum atomic E-state index is 13.7. The van der Waals surface area contributed by atoms with Crippen molar-refractivity contribution in [1.82, 2.24) is 10.4 Å². The van der Waals surface area contributed by atoms with E-state index in [2.05, 4.69) is 33.1 Å². The van der Waals surface area contributed by atoms with Crippen LogP contribution in [0.3, 0.4) is 0 Å². The summed E-state index contributed by atoms with van der Waals surface area (Å²) in [5.74, 6) is 0.177. The number of hydrogen-bond acceptors (Lipinski definition) is 3. The van der Waals surface area contributed by atoms with Crippen LogP contribution in [0.25, 0.3) is 0 Å². The van der Waals surface area contributed by atoms with Gasteiger partial charge in [0.25, 0.3) is 11.8 Å². The van der Waals surface area contributed by atoms with Crippen LogP contribution in [0.1, 0.15) is 84.9 Å². The molecule has 0 saturated carbocycles. The lowest BCUT2D eigenvalue weighted by Gasteiger charge is -2.40. The summed E-state index contributed by atoms with van der Waals surface area (Å²) in [5.41, 5.74) is 6.72. The molecule has 5 nitrogen and oxygen atoms in total. The minimum absolute atomic E-state index is 0.166. The Hall–Kier alpha value is -2.82. The Morgan fingerprint density at radius 1 is 1.06 bits per heavy atom. The second-order valence-electron chi connectivity index (χ2n) is 9.50. The topological polar surface area (TPSA) is 58.6 Å². The highest BCUT2D eigenvalue weighted by molar-refractivity contribution is 6.00. The number of amides is 2. The average Bonchev–Trinajstić information content (AvgIpc) is 2.73. The number of rotatable bonds is 7. The molecule has 0 spiro atoms. The van der Waals surface area contributed by atoms with Crippen LogP contribution in [0.5, 0.6) is 5.75 Å². The molecule has 0 aliphatic heterocycles. The molecule has 1 N–H and O–H groups in total. The summed E-state index contributed by atoms with van der Waals surface area (Å²) in [5, 5.41) is 1.55. The molecular weight excluding hydrogens is 400 g/mol. The maximum Gasteiger partial charge on any atom is 0.272 e. The van der Waals surface area contributed by atoms with Crippen LogP contribution < -0.4 is 10.2 Å². The van der Waals surface area contributed by atoms with Gasteiger partial charge in [0.2, 0.25) is 0 Å². The maximum absolute atomic E-state index is 13.7. The molecule has 0 radical (unpaired) electrons. The lowest BCUT2D eigenvalue weighted by atomic mass is 9.83. The second-order valence-corrected chi connectivity index (χ2v) is 9.50. The summed E-state index contributed by atoms with van der Waals surface area (Å²) in [6.45, 7) is 14.3. The normalized spacial score (nSPS) is 12.2. The zero-order valence-electron chi connectivity index (χ0n) is 20.8. The Morgan fingerprint density at radius 2 is 1.69 bits per heavy atom. The highest BCUT2D eigenvalue weighted by atomic mass is 16.5. The van der Waals surface area contributed by atoms with Gasteiger partial charge in [-0.05, 0) is 56.4 Å². The molecule has 0 aromatic heterocycles. The van der Waals surface area contributed by atoms with Crippen LogP contribution in [0.15, 0.2) is 36.4 Å². The van der Waals surface area contributed by atoms with E-state index in [0.717, 1.165) is 29.5 Å². The molecular formula is C27H38N2O3. The fourth-order valence-electron chi connectivity index (χ4n) is 4.23. The van der Waals surface area contributed by atoms with Gasteiger partial charge in [-0.1, -0.05) is 64.3 Å². The van der Waals surface area contributed by atoms with Crippen molar-refractivity contribution in [2.45, 2.75) is 73.8 Å². The van der Waals surface area contributed by atoms with E-state index in [0.29, 0.717) is 23.3 Å². The molecule has 2 amide bonds. The molecule has 2 aromatic rings. The number of carbonyl (C=O) groups excluding carboxylic acids is 2. The molecule has 0 fully saturated rings. The van der Waals surface area contributed by atoms with Crippen molar-refractivity contribution >= 4 is 11.8 Å². The summed E-state index contributed by atoms with van der Waals surface area (Å²) in [6.07, 6.45) is 2.32. The van der Waals surface area contributed by atoms with Gasteiger partial charge in [0.05, 0.1) is 13.2 Å². The number of ether oxygens (including phenoxy) is 1. The van der Waals surface area contributed by atoms with Gasteiger partial charge in [0, 0.05) is 16.7 Å². The summed E-state index contributed by atoms with van der Waals surface area (Å²) >= 11 is 0. The van der Waals surface area contributed by atoms with Gasteiger partial charge < -0.3 is 4.74 Å². The Balaban J connectivity index is 2.54. The van der Waals surface area contributed by atoms with E-state index in [1.54, 1.807) is 24.3 Å². The van der Waals surface area contributed by atoms with Crippen LogP contribution in [0.4, 0.5) is 0 Å². The van der Waals surface area contributed by atoms with Crippen LogP contribution in [-0.4, -0.2) is 30.0 Å². The summed E-state index contributed by atoms with van der Waals surface area (Å²) in [4.78, 5) is 27.2. The number of carbonyl (C=O) groups is 2. The van der Waals surface area contributed by atoms with E-state index in [4.69, 9.17) is 4.74 Å². The lowest BCUT2D eigenvalue weighted by molar-refractivity contribution is 0.0270. The second kappa shape index (κ2) is 10.7. The monoisotopic (exact) mass is 438 g/mol. The van der Waals surface area contributed by atoms with Crippen molar-refractivity contribution in [3.05, 3.63) is 64.2 Å². The van der Waals surface area contributed by atoms with E-state index < -0.39 is 0 Å². The minimum Gasteiger partial charge on any atom is -0.496 e. The Bertz CT molecular complexity index is 940. The molecule has 0 unspecified atom stereocenters. The van der Waals surface area contributed by atoms with Crippen LogP contribution >= 0.6 is 0 Å². The van der Waals surface area contributed by atoms with E-state index in [9.17, 15) is 9.59 Å². The molecule has 0 heterocycles. The fraction of sp³-hybridized carbons (Fsp3) is 0.481. The smallest absolute Gasteiger partial charge is 0.272 e. The van der Waals surface area contributed by atoms with Gasteiger partial charge in [0.1, 0.15) is 5.75 Å². The van der Waals surface area contributed by atoms with Crippen LogP contribution in [-0.2, 0) is 6.42 Å². The van der Waals surface area contributed by atoms with Gasteiger partial charge >= 0.3 is 0 Å². The standard InChI is InChI=1S/C27H38N2O3/c1-9-12-24(27(5,6)7)29(26(31)20-16-18(3)15-19(4)17-20)28-25(30)22-13-11-14-23(32-8)21(22)10-2/h11,13-17,24H,9-10,12H2,1-8H3,(H,28,30)/t24-/m0/s1. The largest absolute Gasteiger partial charge is 0.496 e. The summed E-state index contributed by atoms with van der Waals surface area (Å²) < 4.78 is 5.45. The molecule has 0 aliphatic carbocycles. The number of methoxy groups -OCH3 is 1. The highest BCUT2D eigenvalue weighted by Crippen LogP contribution is 2.29. The third kappa shape index (κ3) is 5.90. The lowest BCUT2D eigenvalue weighted by Crippen LogP contribution is -2.56. The summed E-state index contributed by atoms with van der Waals surface area (Å²) in [7, 11) is 1.60. The van der Waals surface area contributed by atoms with E-state index >= 15 is 0 Å². The van der Waals surface area contributed by atoms with Crippen LogP contribution in [0, 0.1) is 19.3 Å². The third-order valence-corrected chi connectivity index (χ3v) is 5.73. The average molecular weight is 439 g/mol. The quantitative estimate of drug-likeness (QED) is 0.550. The zero-order valence-corrected chi connectivity index (χ0v) is 20.8. The third-order valence-electron chi connectivity index (χ3n) is 5.73. The number of hydrogen-bond donors (Lipinski definition) is 1. The molecule has 0 aliphatic rings. The molecule has 2 rings (SSSR count). The summed E-state index contributed by atoms with van der Waals surface area (Å²) in [6, 6.07) is 11.1. The molecule has 2 aromatic carbocycles. The van der Waals surface area contributed by atoms with Gasteiger partial charge in [-0.2, -0.15) is 0 Å². The first-order chi connectivity index (χ1) is 15.0.